The summed E-state index contributed by atoms with van der Waals surface area (Å²) in [5, 5.41) is 0. The molecule has 178 valence electrons. The number of halogens is 2. The summed E-state index contributed by atoms with van der Waals surface area (Å²) >= 11 is 0. The highest BCUT2D eigenvalue weighted by molar-refractivity contribution is 5.69. The number of hydrogen-bond donors (Lipinski definition) is 0. The predicted molar refractivity (Wildman–Crippen MR) is 121 cm³/mol. The minimum Gasteiger partial charge on any atom is -0.374 e. The van der Waals surface area contributed by atoms with E-state index >= 15 is 0 Å². The number of nitrogens with zero attached hydrogens (tertiary/aromatic N) is 4. The maximum atomic E-state index is 13.6. The van der Waals surface area contributed by atoms with Crippen molar-refractivity contribution in [1.29, 1.82) is 0 Å². The summed E-state index contributed by atoms with van der Waals surface area (Å²) in [6.45, 7) is 0.605. The molecule has 2 aromatic carbocycles. The van der Waals surface area contributed by atoms with Crippen molar-refractivity contribution in [1.82, 2.24) is 18.7 Å². The van der Waals surface area contributed by atoms with Crippen molar-refractivity contribution in [3.05, 3.63) is 98.5 Å². The first-order chi connectivity index (χ1) is 16.3. The van der Waals surface area contributed by atoms with Crippen LogP contribution in [0, 0.1) is 11.6 Å². The topological polar surface area (TPSA) is 80.3 Å². The Labute approximate surface area is 193 Å². The average Bonchev–Trinajstić information content (AvgIpc) is 3.23. The molecule has 0 saturated heterocycles. The summed E-state index contributed by atoms with van der Waals surface area (Å²) in [5.74, 6) is -0.726. The van der Waals surface area contributed by atoms with Crippen LogP contribution >= 0.6 is 0 Å². The van der Waals surface area contributed by atoms with Gasteiger partial charge in [0.25, 0.3) is 5.56 Å². The van der Waals surface area contributed by atoms with Crippen LogP contribution in [0.15, 0.2) is 64.4 Å². The molecule has 2 aromatic heterocycles. The van der Waals surface area contributed by atoms with Crippen LogP contribution in [0.5, 0.6) is 0 Å². The van der Waals surface area contributed by atoms with E-state index in [0.29, 0.717) is 11.1 Å². The molecule has 34 heavy (non-hydrogen) atoms. The fraction of sp³-hybridized carbons (Fsp3) is 0.292. The van der Waals surface area contributed by atoms with Gasteiger partial charge in [0.2, 0.25) is 0 Å². The largest absolute Gasteiger partial charge is 0.374 e. The molecule has 8 nitrogen and oxygen atoms in total. The van der Waals surface area contributed by atoms with Gasteiger partial charge in [0.15, 0.2) is 11.2 Å². The van der Waals surface area contributed by atoms with Gasteiger partial charge in [-0.25, -0.2) is 18.6 Å². The zero-order valence-electron chi connectivity index (χ0n) is 18.8. The predicted octanol–water partition coefficient (Wildman–Crippen LogP) is 2.51. The van der Waals surface area contributed by atoms with Crippen LogP contribution in [0.2, 0.25) is 0 Å². The van der Waals surface area contributed by atoms with Gasteiger partial charge in [0.1, 0.15) is 11.6 Å². The molecule has 0 unspecified atom stereocenters. The number of aryl methyl sites for hydroxylation is 1. The Bertz CT molecular complexity index is 1430. The zero-order valence-corrected chi connectivity index (χ0v) is 18.8. The summed E-state index contributed by atoms with van der Waals surface area (Å²) in [5.41, 5.74) is 0.886. The Morgan fingerprint density at radius 3 is 2.24 bits per heavy atom. The van der Waals surface area contributed by atoms with Crippen molar-refractivity contribution in [3.63, 3.8) is 0 Å². The maximum absolute atomic E-state index is 13.6. The van der Waals surface area contributed by atoms with E-state index in [0.717, 1.165) is 4.57 Å². The normalized spacial score (nSPS) is 12.4. The highest BCUT2D eigenvalue weighted by atomic mass is 19.1. The van der Waals surface area contributed by atoms with Crippen molar-refractivity contribution in [2.75, 3.05) is 6.61 Å². The van der Waals surface area contributed by atoms with Crippen LogP contribution < -0.4 is 11.2 Å². The van der Waals surface area contributed by atoms with E-state index in [1.165, 1.54) is 42.2 Å². The molecule has 0 N–H and O–H groups in total. The lowest BCUT2D eigenvalue weighted by Crippen LogP contribution is -2.38. The number of benzene rings is 2. The number of fused-ring (bicyclic) bond motifs is 1. The van der Waals surface area contributed by atoms with Gasteiger partial charge in [-0.3, -0.25) is 13.9 Å². The van der Waals surface area contributed by atoms with Crippen LogP contribution in [0.3, 0.4) is 0 Å². The summed E-state index contributed by atoms with van der Waals surface area (Å²) in [7, 11) is 2.95. The van der Waals surface area contributed by atoms with Crippen LogP contribution in [-0.4, -0.2) is 31.4 Å². The lowest BCUT2D eigenvalue weighted by Gasteiger charge is -2.19. The summed E-state index contributed by atoms with van der Waals surface area (Å²) in [6, 6.07) is 12.2. The molecule has 0 bridgehead atoms. The number of aromatic nitrogens is 4. The van der Waals surface area contributed by atoms with Crippen molar-refractivity contribution >= 4 is 11.2 Å². The van der Waals surface area contributed by atoms with E-state index in [1.54, 1.807) is 35.9 Å². The van der Waals surface area contributed by atoms with Gasteiger partial charge in [0, 0.05) is 14.1 Å². The highest BCUT2D eigenvalue weighted by Crippen LogP contribution is 2.13. The fourth-order valence-electron chi connectivity index (χ4n) is 3.68. The monoisotopic (exact) mass is 470 g/mol. The lowest BCUT2D eigenvalue weighted by atomic mass is 10.2. The SMILES string of the molecule is Cn1c(=O)c2c(ncn2C[C@H](COCc2cccc(F)c2)OCc2cccc(F)c2)n(C)c1=O. The van der Waals surface area contributed by atoms with Crippen LogP contribution in [0.4, 0.5) is 8.78 Å². The molecule has 0 saturated carbocycles. The van der Waals surface area contributed by atoms with Crippen molar-refractivity contribution in [3.8, 4) is 0 Å². The second kappa shape index (κ2) is 10.1. The molecule has 0 aliphatic rings. The van der Waals surface area contributed by atoms with E-state index < -0.39 is 17.4 Å². The Morgan fingerprint density at radius 1 is 0.941 bits per heavy atom. The fourth-order valence-corrected chi connectivity index (χ4v) is 3.68. The maximum Gasteiger partial charge on any atom is 0.332 e. The quantitative estimate of drug-likeness (QED) is 0.376. The smallest absolute Gasteiger partial charge is 0.332 e. The first-order valence-electron chi connectivity index (χ1n) is 10.6. The van der Waals surface area contributed by atoms with Gasteiger partial charge >= 0.3 is 5.69 Å². The molecule has 0 aliphatic carbocycles. The molecular weight excluding hydrogens is 446 g/mol. The van der Waals surface area contributed by atoms with Gasteiger partial charge in [-0.05, 0) is 35.4 Å². The minimum absolute atomic E-state index is 0.120. The Hall–Kier alpha value is -3.63. The second-order valence-corrected chi connectivity index (χ2v) is 7.98. The molecule has 4 rings (SSSR count). The molecule has 10 heteroatoms. The van der Waals surface area contributed by atoms with E-state index in [1.807, 2.05) is 0 Å². The number of imidazole rings is 1. The molecular formula is C24H24F2N4O4. The number of ether oxygens (including phenoxy) is 2. The van der Waals surface area contributed by atoms with Gasteiger partial charge in [0.05, 0.1) is 38.8 Å². The van der Waals surface area contributed by atoms with E-state index in [9.17, 15) is 18.4 Å². The molecule has 0 spiro atoms. The standard InChI is InChI=1S/C24H24F2N4O4/c1-28-22-21(23(31)29(2)24(28)32)30(15-27-22)11-20(34-13-17-6-4-8-19(26)10-17)14-33-12-16-5-3-7-18(25)9-16/h3-10,15,20H,11-14H2,1-2H3/t20-/m1/s1. The number of rotatable bonds is 9. The molecule has 1 atom stereocenters. The van der Waals surface area contributed by atoms with Gasteiger partial charge in [-0.2, -0.15) is 0 Å². The van der Waals surface area contributed by atoms with E-state index in [4.69, 9.17) is 9.47 Å². The van der Waals surface area contributed by atoms with E-state index in [2.05, 4.69) is 4.98 Å². The van der Waals surface area contributed by atoms with Crippen molar-refractivity contribution in [2.24, 2.45) is 14.1 Å². The summed E-state index contributed by atoms with van der Waals surface area (Å²) in [6.07, 6.45) is 0.924. The van der Waals surface area contributed by atoms with Crippen LogP contribution in [0.1, 0.15) is 11.1 Å². The first-order valence-corrected chi connectivity index (χ1v) is 10.6. The van der Waals surface area contributed by atoms with Gasteiger partial charge in [-0.15, -0.1) is 0 Å². The number of hydrogen-bond acceptors (Lipinski definition) is 5. The highest BCUT2D eigenvalue weighted by Gasteiger charge is 2.18. The third-order valence-electron chi connectivity index (χ3n) is 5.45. The van der Waals surface area contributed by atoms with Gasteiger partial charge < -0.3 is 14.0 Å². The Kier molecular flexibility index (Phi) is 6.99. The van der Waals surface area contributed by atoms with Gasteiger partial charge in [-0.1, -0.05) is 24.3 Å². The third kappa shape index (κ3) is 5.13. The Morgan fingerprint density at radius 2 is 1.59 bits per heavy atom. The molecule has 2 heterocycles. The third-order valence-corrected chi connectivity index (χ3v) is 5.45. The molecule has 0 fully saturated rings. The van der Waals surface area contributed by atoms with E-state index in [-0.39, 0.29) is 49.2 Å². The second-order valence-electron chi connectivity index (χ2n) is 7.98. The molecule has 0 radical (unpaired) electrons. The zero-order chi connectivity index (χ0) is 24.2. The Balaban J connectivity index is 1.55. The summed E-state index contributed by atoms with van der Waals surface area (Å²) in [4.78, 5) is 29.2. The van der Waals surface area contributed by atoms with Crippen molar-refractivity contribution in [2.45, 2.75) is 25.9 Å². The summed E-state index contributed by atoms with van der Waals surface area (Å²) < 4.78 is 42.7. The molecule has 4 aromatic rings. The van der Waals surface area contributed by atoms with Crippen LogP contribution in [-0.2, 0) is 43.3 Å². The van der Waals surface area contributed by atoms with Crippen LogP contribution in [0.25, 0.3) is 11.2 Å². The minimum atomic E-state index is -0.545. The lowest BCUT2D eigenvalue weighted by molar-refractivity contribution is -0.0369. The molecule has 0 aliphatic heterocycles. The first kappa shape index (κ1) is 23.5. The van der Waals surface area contributed by atoms with Crippen molar-refractivity contribution < 1.29 is 18.3 Å². The average molecular weight is 470 g/mol. The molecule has 0 amide bonds.